The highest BCUT2D eigenvalue weighted by molar-refractivity contribution is 5.99. The van der Waals surface area contributed by atoms with Gasteiger partial charge in [-0.3, -0.25) is 67.3 Å². The first-order valence-corrected chi connectivity index (χ1v) is 28.4. The van der Waals surface area contributed by atoms with Gasteiger partial charge in [-0.2, -0.15) is 0 Å². The van der Waals surface area contributed by atoms with Gasteiger partial charge in [-0.1, -0.05) is 61.8 Å². The minimum atomic E-state index is -1.89. The molecule has 0 aliphatic carbocycles. The van der Waals surface area contributed by atoms with Crippen LogP contribution in [0.2, 0.25) is 0 Å². The molecular weight excluding hydrogens is 1130 g/mol. The second-order valence-corrected chi connectivity index (χ2v) is 22.2. The van der Waals surface area contributed by atoms with Crippen molar-refractivity contribution in [3.05, 3.63) is 0 Å². The Balaban J connectivity index is 6.35. The zero-order valence-electron chi connectivity index (χ0n) is 50.5. The highest BCUT2D eigenvalue weighted by atomic mass is 16.4. The zero-order valence-corrected chi connectivity index (χ0v) is 50.5. The predicted octanol–water partition coefficient (Wildman–Crippen LogP) is -4.31. The SMILES string of the molecule is CC(C)CC(NC(=O)C(CCCN=C(N)N)NC(=O)C(CC(C)C)NC(=O)C(C)NC(=O)C(CCC(=O)O)NC(=O)CNC(=O)C(NC(=O)C(CCC(=O)O)NC(=O)C(CC(=O)O)NC(=O)C(NC(=O)C(N)CCCCN)C(C)C)C(C)C)C(=O)O. The van der Waals surface area contributed by atoms with E-state index < -0.39 is 194 Å². The van der Waals surface area contributed by atoms with Gasteiger partial charge in [0.2, 0.25) is 59.1 Å². The van der Waals surface area contributed by atoms with Gasteiger partial charge in [0.15, 0.2) is 5.96 Å². The van der Waals surface area contributed by atoms with E-state index in [1.54, 1.807) is 41.5 Å². The number of nitrogens with one attached hydrogen (secondary N) is 10. The van der Waals surface area contributed by atoms with Crippen molar-refractivity contribution in [2.24, 2.45) is 51.6 Å². The standard InChI is InChI=1S/C53H93N15O18/c1-25(2)21-34(48(81)62-31(14-12-20-58-53(56)57)46(79)66-36(52(85)86)22-26(3)4)64-43(76)29(9)60-45(78)32(15-17-38(70)71)61-37(69)24-59-50(83)41(27(5)6)68-47(80)33(16-18-39(72)73)63-49(82)35(23-40(74)75)65-51(84)42(28(7)8)67-44(77)30(55)13-10-11-19-54/h25-36,41-42H,10-24,54-55H2,1-9H3,(H,59,83)(H,60,78)(H,61,69)(H,62,81)(H,63,82)(H,64,76)(H,65,84)(H,66,79)(H,67,77)(H,68,80)(H,70,71)(H,72,73)(H,74,75)(H,85,86)(H4,56,57,58). The summed E-state index contributed by atoms with van der Waals surface area (Å²) in [6.45, 7) is 13.8. The first-order chi connectivity index (χ1) is 40.0. The van der Waals surface area contributed by atoms with Gasteiger partial charge in [0.25, 0.3) is 0 Å². The molecule has 10 atom stereocenters. The van der Waals surface area contributed by atoms with Gasteiger partial charge in [-0.05, 0) is 88.5 Å². The molecule has 33 heteroatoms. The molecule has 0 aliphatic heterocycles. The number of nitrogens with zero attached hydrogens (tertiary/aromatic N) is 1. The van der Waals surface area contributed by atoms with Crippen LogP contribution in [-0.4, -0.2) is 189 Å². The van der Waals surface area contributed by atoms with Crippen molar-refractivity contribution >= 4 is 88.9 Å². The van der Waals surface area contributed by atoms with Gasteiger partial charge in [0, 0.05) is 19.4 Å². The van der Waals surface area contributed by atoms with Crippen LogP contribution < -0.4 is 76.1 Å². The Kier molecular flexibility index (Phi) is 36.3. The topological polar surface area (TPSA) is 557 Å². The number of unbranched alkanes of at least 4 members (excludes halogenated alkanes) is 1. The molecule has 10 amide bonds. The van der Waals surface area contributed by atoms with Gasteiger partial charge in [-0.25, -0.2) is 4.79 Å². The molecule has 33 nitrogen and oxygen atoms in total. The van der Waals surface area contributed by atoms with Crippen LogP contribution in [0.4, 0.5) is 0 Å². The molecule has 0 saturated carbocycles. The zero-order chi connectivity index (χ0) is 66.1. The highest BCUT2D eigenvalue weighted by Crippen LogP contribution is 2.12. The van der Waals surface area contributed by atoms with Gasteiger partial charge < -0.3 is 96.5 Å². The van der Waals surface area contributed by atoms with Crippen LogP contribution in [0.15, 0.2) is 4.99 Å². The quantitative estimate of drug-likeness (QED) is 0.0156. The van der Waals surface area contributed by atoms with E-state index >= 15 is 0 Å². The molecule has 0 aliphatic rings. The molecule has 0 aromatic carbocycles. The second-order valence-electron chi connectivity index (χ2n) is 22.2. The number of hydrogen-bond acceptors (Lipinski definition) is 17. The Bertz CT molecular complexity index is 2370. The number of aliphatic carboxylic acids is 4. The molecule has 0 spiro atoms. The summed E-state index contributed by atoms with van der Waals surface area (Å²) >= 11 is 0. The fourth-order valence-corrected chi connectivity index (χ4v) is 8.13. The third kappa shape index (κ3) is 32.2. The molecule has 0 aromatic heterocycles. The van der Waals surface area contributed by atoms with Gasteiger partial charge in [0.1, 0.15) is 54.4 Å². The maximum Gasteiger partial charge on any atom is 0.326 e. The van der Waals surface area contributed by atoms with E-state index in [-0.39, 0.29) is 56.4 Å². The van der Waals surface area contributed by atoms with E-state index in [1.807, 2.05) is 0 Å². The molecule has 0 heterocycles. The minimum absolute atomic E-state index is 0.00472. The van der Waals surface area contributed by atoms with Crippen molar-refractivity contribution in [1.82, 2.24) is 53.2 Å². The number of guanidine groups is 1. The van der Waals surface area contributed by atoms with E-state index in [0.717, 1.165) is 0 Å². The Hall–Kier alpha value is -8.23. The molecule has 10 unspecified atom stereocenters. The first-order valence-electron chi connectivity index (χ1n) is 28.4. The summed E-state index contributed by atoms with van der Waals surface area (Å²) in [5.41, 5.74) is 22.3. The summed E-state index contributed by atoms with van der Waals surface area (Å²) in [4.78, 5) is 186. The molecule has 86 heavy (non-hydrogen) atoms. The largest absolute Gasteiger partial charge is 0.481 e. The maximum absolute atomic E-state index is 13.8. The number of amides is 10. The summed E-state index contributed by atoms with van der Waals surface area (Å²) in [7, 11) is 0. The number of rotatable bonds is 43. The third-order valence-corrected chi connectivity index (χ3v) is 12.8. The summed E-state index contributed by atoms with van der Waals surface area (Å²) < 4.78 is 0. The summed E-state index contributed by atoms with van der Waals surface area (Å²) in [5, 5.41) is 62.1. The van der Waals surface area contributed by atoms with Gasteiger partial charge >= 0.3 is 23.9 Å². The molecular formula is C53H93N15O18. The normalized spacial score (nSPS) is 14.6. The minimum Gasteiger partial charge on any atom is -0.481 e. The van der Waals surface area contributed by atoms with Crippen LogP contribution in [0.25, 0.3) is 0 Å². The van der Waals surface area contributed by atoms with Crippen LogP contribution in [0.3, 0.4) is 0 Å². The fraction of sp³-hybridized carbons (Fsp3) is 0.717. The monoisotopic (exact) mass is 1230 g/mol. The second kappa shape index (κ2) is 40.2. The van der Waals surface area contributed by atoms with Crippen LogP contribution >= 0.6 is 0 Å². The number of carboxylic acid groups (broad SMARTS) is 4. The lowest BCUT2D eigenvalue weighted by Crippen LogP contribution is -2.60. The highest BCUT2D eigenvalue weighted by Gasteiger charge is 2.36. The Morgan fingerprint density at radius 3 is 1.35 bits per heavy atom. The van der Waals surface area contributed by atoms with Crippen LogP contribution in [0.1, 0.15) is 139 Å². The number of nitrogens with two attached hydrogens (primary N) is 4. The predicted molar refractivity (Wildman–Crippen MR) is 309 cm³/mol. The molecule has 22 N–H and O–H groups in total. The van der Waals surface area contributed by atoms with Crippen LogP contribution in [0.5, 0.6) is 0 Å². The average molecular weight is 1230 g/mol. The molecule has 0 radical (unpaired) electrons. The summed E-state index contributed by atoms with van der Waals surface area (Å²) in [5.74, 6) is -17.5. The van der Waals surface area contributed by atoms with Crippen molar-refractivity contribution in [1.29, 1.82) is 0 Å². The van der Waals surface area contributed by atoms with Crippen molar-refractivity contribution < 1.29 is 87.5 Å². The average Bonchev–Trinajstić information content (AvgIpc) is 3.33. The number of carbonyl (C=O) groups is 14. The van der Waals surface area contributed by atoms with Gasteiger partial charge in [0.05, 0.1) is 19.0 Å². The molecule has 0 bridgehead atoms. The summed E-state index contributed by atoms with van der Waals surface area (Å²) in [6.07, 6.45) is -2.08. The molecule has 0 aromatic rings. The molecule has 0 saturated heterocycles. The molecule has 0 rings (SSSR count). The smallest absolute Gasteiger partial charge is 0.326 e. The third-order valence-electron chi connectivity index (χ3n) is 12.8. The fourth-order valence-electron chi connectivity index (χ4n) is 8.13. The van der Waals surface area contributed by atoms with Crippen LogP contribution in [0, 0.1) is 23.7 Å². The Labute approximate surface area is 499 Å². The van der Waals surface area contributed by atoms with E-state index in [1.165, 1.54) is 20.8 Å². The van der Waals surface area contributed by atoms with Crippen molar-refractivity contribution in [2.75, 3.05) is 19.6 Å². The van der Waals surface area contributed by atoms with E-state index in [2.05, 4.69) is 58.2 Å². The number of carboxylic acids is 4. The van der Waals surface area contributed by atoms with E-state index in [4.69, 9.17) is 22.9 Å². The number of aliphatic imine (C=N–C) groups is 1. The lowest BCUT2D eigenvalue weighted by molar-refractivity contribution is -0.143. The van der Waals surface area contributed by atoms with Crippen molar-refractivity contribution in [3.63, 3.8) is 0 Å². The first kappa shape index (κ1) is 77.8. The Morgan fingerprint density at radius 1 is 0.430 bits per heavy atom. The molecule has 488 valence electrons. The number of carbonyl (C=O) groups excluding carboxylic acids is 10. The van der Waals surface area contributed by atoms with Crippen LogP contribution in [-0.2, 0) is 67.1 Å². The lowest BCUT2D eigenvalue weighted by atomic mass is 10.0. The molecule has 0 fully saturated rings. The van der Waals surface area contributed by atoms with E-state index in [9.17, 15) is 87.5 Å². The van der Waals surface area contributed by atoms with Crippen molar-refractivity contribution in [2.45, 2.75) is 200 Å². The van der Waals surface area contributed by atoms with Gasteiger partial charge in [-0.15, -0.1) is 0 Å². The Morgan fingerprint density at radius 2 is 0.860 bits per heavy atom. The number of hydrogen-bond donors (Lipinski definition) is 18. The summed E-state index contributed by atoms with van der Waals surface area (Å²) in [6, 6.07) is -14.6. The lowest BCUT2D eigenvalue weighted by Gasteiger charge is -2.28. The van der Waals surface area contributed by atoms with Crippen molar-refractivity contribution in [3.8, 4) is 0 Å². The maximum atomic E-state index is 13.8. The van der Waals surface area contributed by atoms with E-state index in [0.29, 0.717) is 19.4 Å².